The molecule has 0 saturated heterocycles. The Morgan fingerprint density at radius 1 is 1.29 bits per heavy atom. The summed E-state index contributed by atoms with van der Waals surface area (Å²) in [5.74, 6) is -0.319. The van der Waals surface area contributed by atoms with Gasteiger partial charge >= 0.3 is 0 Å². The quantitative estimate of drug-likeness (QED) is 0.668. The fourth-order valence-electron chi connectivity index (χ4n) is 1.89. The minimum atomic E-state index is -0.396. The van der Waals surface area contributed by atoms with E-state index in [9.17, 15) is 9.18 Å². The van der Waals surface area contributed by atoms with Crippen LogP contribution in [0.1, 0.15) is 11.1 Å². The van der Waals surface area contributed by atoms with Gasteiger partial charge in [0.2, 0.25) is 5.91 Å². The zero-order chi connectivity index (χ0) is 15.4. The maximum absolute atomic E-state index is 13.2. The highest BCUT2D eigenvalue weighted by atomic mass is 32.2. The highest BCUT2D eigenvalue weighted by Gasteiger charge is 2.07. The number of halogens is 1. The summed E-state index contributed by atoms with van der Waals surface area (Å²) in [4.78, 5) is 12.6. The fourth-order valence-corrected chi connectivity index (χ4v) is 2.67. The van der Waals surface area contributed by atoms with Crippen LogP contribution >= 0.6 is 11.8 Å². The van der Waals surface area contributed by atoms with Crippen LogP contribution < -0.4 is 11.1 Å². The summed E-state index contributed by atoms with van der Waals surface area (Å²) in [6.45, 7) is 3.96. The topological polar surface area (TPSA) is 55.1 Å². The number of aryl methyl sites for hydroxylation is 1. The molecule has 2 aromatic rings. The number of hydrogen-bond acceptors (Lipinski definition) is 3. The molecule has 3 N–H and O–H groups in total. The summed E-state index contributed by atoms with van der Waals surface area (Å²) in [7, 11) is 0. The minimum Gasteiger partial charge on any atom is -0.399 e. The maximum atomic E-state index is 13.2. The van der Waals surface area contributed by atoms with Crippen LogP contribution in [0.15, 0.2) is 41.3 Å². The van der Waals surface area contributed by atoms with Crippen molar-refractivity contribution >= 4 is 29.0 Å². The summed E-state index contributed by atoms with van der Waals surface area (Å²) >= 11 is 1.25. The summed E-state index contributed by atoms with van der Waals surface area (Å²) in [6, 6.07) is 10.0. The summed E-state index contributed by atoms with van der Waals surface area (Å²) in [5.41, 5.74) is 8.90. The molecule has 0 aliphatic heterocycles. The van der Waals surface area contributed by atoms with E-state index in [1.54, 1.807) is 6.07 Å². The van der Waals surface area contributed by atoms with Crippen molar-refractivity contribution in [3.8, 4) is 0 Å². The molecular formula is C16H17FN2OS. The Morgan fingerprint density at radius 2 is 2.05 bits per heavy atom. The van der Waals surface area contributed by atoms with Crippen molar-refractivity contribution in [2.45, 2.75) is 18.7 Å². The molecule has 0 unspecified atom stereocenters. The molecule has 3 nitrogen and oxygen atoms in total. The number of carbonyl (C=O) groups is 1. The zero-order valence-electron chi connectivity index (χ0n) is 11.9. The monoisotopic (exact) mass is 304 g/mol. The van der Waals surface area contributed by atoms with Crippen LogP contribution in [0.4, 0.5) is 15.8 Å². The smallest absolute Gasteiger partial charge is 0.234 e. The van der Waals surface area contributed by atoms with Crippen LogP contribution in [-0.2, 0) is 4.79 Å². The molecule has 0 aliphatic rings. The molecule has 5 heteroatoms. The lowest BCUT2D eigenvalue weighted by Crippen LogP contribution is -2.15. The van der Waals surface area contributed by atoms with Gasteiger partial charge in [-0.05, 0) is 49.2 Å². The number of anilines is 2. The maximum Gasteiger partial charge on any atom is 0.234 e. The second-order valence-corrected chi connectivity index (χ2v) is 5.85. The Kier molecular flexibility index (Phi) is 4.85. The van der Waals surface area contributed by atoms with Gasteiger partial charge in [-0.25, -0.2) is 4.39 Å². The van der Waals surface area contributed by atoms with E-state index in [-0.39, 0.29) is 11.7 Å². The number of rotatable bonds is 4. The summed E-state index contributed by atoms with van der Waals surface area (Å²) < 4.78 is 13.2. The van der Waals surface area contributed by atoms with Crippen molar-refractivity contribution in [3.05, 3.63) is 53.3 Å². The van der Waals surface area contributed by atoms with Crippen LogP contribution in [0.5, 0.6) is 0 Å². The molecule has 2 rings (SSSR count). The molecule has 0 heterocycles. The lowest BCUT2D eigenvalue weighted by Gasteiger charge is -2.10. The summed E-state index contributed by atoms with van der Waals surface area (Å²) in [6.07, 6.45) is 0. The van der Waals surface area contributed by atoms with Crippen molar-refractivity contribution in [1.29, 1.82) is 0 Å². The molecule has 0 bridgehead atoms. The Labute approximate surface area is 127 Å². The van der Waals surface area contributed by atoms with E-state index in [2.05, 4.69) is 5.32 Å². The number of nitrogen functional groups attached to an aromatic ring is 1. The first-order valence-electron chi connectivity index (χ1n) is 6.50. The van der Waals surface area contributed by atoms with Crippen molar-refractivity contribution < 1.29 is 9.18 Å². The van der Waals surface area contributed by atoms with Gasteiger partial charge in [0, 0.05) is 16.3 Å². The average molecular weight is 304 g/mol. The van der Waals surface area contributed by atoms with Gasteiger partial charge in [-0.3, -0.25) is 4.79 Å². The molecular weight excluding hydrogens is 287 g/mol. The number of benzene rings is 2. The first-order chi connectivity index (χ1) is 9.95. The molecule has 0 saturated carbocycles. The van der Waals surface area contributed by atoms with E-state index in [0.717, 1.165) is 16.8 Å². The van der Waals surface area contributed by atoms with Gasteiger partial charge in [0.15, 0.2) is 0 Å². The van der Waals surface area contributed by atoms with E-state index in [0.29, 0.717) is 10.6 Å². The van der Waals surface area contributed by atoms with E-state index in [1.807, 2.05) is 32.0 Å². The lowest BCUT2D eigenvalue weighted by molar-refractivity contribution is -0.113. The third-order valence-corrected chi connectivity index (χ3v) is 4.12. The van der Waals surface area contributed by atoms with Crippen molar-refractivity contribution in [3.63, 3.8) is 0 Å². The largest absolute Gasteiger partial charge is 0.399 e. The number of hydrogen-bond donors (Lipinski definition) is 2. The van der Waals surface area contributed by atoms with Gasteiger partial charge in [-0.2, -0.15) is 0 Å². The number of carbonyl (C=O) groups excluding carboxylic acids is 1. The van der Waals surface area contributed by atoms with Crippen LogP contribution in [0.2, 0.25) is 0 Å². The molecule has 1 amide bonds. The fraction of sp³-hybridized carbons (Fsp3) is 0.188. The predicted octanol–water partition coefficient (Wildman–Crippen LogP) is 3.76. The molecule has 0 radical (unpaired) electrons. The first-order valence-corrected chi connectivity index (χ1v) is 7.49. The molecule has 0 aromatic heterocycles. The molecule has 0 fully saturated rings. The van der Waals surface area contributed by atoms with E-state index in [4.69, 9.17) is 5.73 Å². The number of nitrogens with two attached hydrogens (primary N) is 1. The van der Waals surface area contributed by atoms with E-state index in [1.165, 1.54) is 23.9 Å². The van der Waals surface area contributed by atoms with Gasteiger partial charge in [-0.1, -0.05) is 12.1 Å². The second kappa shape index (κ2) is 6.63. The van der Waals surface area contributed by atoms with Gasteiger partial charge in [0.25, 0.3) is 0 Å². The van der Waals surface area contributed by atoms with Crippen LogP contribution in [0.3, 0.4) is 0 Å². The van der Waals surface area contributed by atoms with Crippen LogP contribution in [0, 0.1) is 19.7 Å². The van der Waals surface area contributed by atoms with Crippen molar-refractivity contribution in [2.24, 2.45) is 0 Å². The Morgan fingerprint density at radius 3 is 2.76 bits per heavy atom. The normalized spacial score (nSPS) is 10.4. The third kappa shape index (κ3) is 4.23. The van der Waals surface area contributed by atoms with Crippen LogP contribution in [-0.4, -0.2) is 11.7 Å². The van der Waals surface area contributed by atoms with Crippen LogP contribution in [0.25, 0.3) is 0 Å². The van der Waals surface area contributed by atoms with Gasteiger partial charge < -0.3 is 11.1 Å². The van der Waals surface area contributed by atoms with Crippen molar-refractivity contribution in [2.75, 3.05) is 16.8 Å². The van der Waals surface area contributed by atoms with Gasteiger partial charge in [0.05, 0.1) is 5.75 Å². The lowest BCUT2D eigenvalue weighted by atomic mass is 10.1. The van der Waals surface area contributed by atoms with E-state index < -0.39 is 5.82 Å². The van der Waals surface area contributed by atoms with Crippen molar-refractivity contribution in [1.82, 2.24) is 0 Å². The molecule has 0 aliphatic carbocycles. The van der Waals surface area contributed by atoms with Gasteiger partial charge in [-0.15, -0.1) is 11.8 Å². The highest BCUT2D eigenvalue weighted by molar-refractivity contribution is 8.00. The zero-order valence-corrected chi connectivity index (χ0v) is 12.8. The Bertz CT molecular complexity index is 653. The first kappa shape index (κ1) is 15.4. The highest BCUT2D eigenvalue weighted by Crippen LogP contribution is 2.23. The molecule has 2 aromatic carbocycles. The SMILES string of the molecule is Cc1cccc(NC(=O)CSc2cc(N)cc(F)c2)c1C. The summed E-state index contributed by atoms with van der Waals surface area (Å²) in [5, 5.41) is 2.87. The predicted molar refractivity (Wildman–Crippen MR) is 86.1 cm³/mol. The minimum absolute atomic E-state index is 0.128. The standard InChI is InChI=1S/C16H17FN2OS/c1-10-4-3-5-15(11(10)2)19-16(20)9-21-14-7-12(17)6-13(18)8-14/h3-8H,9,18H2,1-2H3,(H,19,20). The number of thioether (sulfide) groups is 1. The van der Waals surface area contributed by atoms with E-state index >= 15 is 0 Å². The van der Waals surface area contributed by atoms with Gasteiger partial charge in [0.1, 0.15) is 5.82 Å². The number of amides is 1. The molecule has 0 atom stereocenters. The second-order valence-electron chi connectivity index (χ2n) is 4.80. The Hall–Kier alpha value is -2.01. The average Bonchev–Trinajstić information content (AvgIpc) is 2.41. The third-order valence-electron chi connectivity index (χ3n) is 3.14. The Balaban J connectivity index is 1.97. The molecule has 21 heavy (non-hydrogen) atoms. The molecule has 0 spiro atoms. The molecule has 110 valence electrons. The number of nitrogens with one attached hydrogen (secondary N) is 1.